The number of rotatable bonds is 2. The molecule has 1 amide bonds. The molecule has 0 spiro atoms. The van der Waals surface area contributed by atoms with Crippen LogP contribution in [0.2, 0.25) is 0 Å². The summed E-state index contributed by atoms with van der Waals surface area (Å²) in [5.41, 5.74) is 4.79. The summed E-state index contributed by atoms with van der Waals surface area (Å²) in [4.78, 5) is 23.4. The summed E-state index contributed by atoms with van der Waals surface area (Å²) >= 11 is 0. The number of nitrogens with one attached hydrogen (secondary N) is 1. The SMILES string of the molecule is CO.NC(=O)c1ncn[nH]1.O=NC1COCC1O. The third-order valence-corrected chi connectivity index (χ3v) is 1.81. The number of nitrogens with two attached hydrogens (primary N) is 1. The molecule has 0 bridgehead atoms. The number of aromatic nitrogens is 3. The van der Waals surface area contributed by atoms with Gasteiger partial charge in [0.1, 0.15) is 18.5 Å². The summed E-state index contributed by atoms with van der Waals surface area (Å²) in [6.45, 7) is 0.515. The molecule has 10 nitrogen and oxygen atoms in total. The van der Waals surface area contributed by atoms with Gasteiger partial charge in [-0.05, 0) is 0 Å². The molecule has 1 aromatic rings. The zero-order chi connectivity index (χ0) is 14.0. The Bertz CT molecular complexity index is 344. The molecule has 2 heterocycles. The van der Waals surface area contributed by atoms with Crippen molar-refractivity contribution < 1.29 is 19.7 Å². The number of carbonyl (C=O) groups excluding carboxylic acids is 1. The zero-order valence-electron chi connectivity index (χ0n) is 9.68. The van der Waals surface area contributed by atoms with E-state index in [4.69, 9.17) is 20.7 Å². The van der Waals surface area contributed by atoms with Crippen molar-refractivity contribution in [1.82, 2.24) is 15.2 Å². The van der Waals surface area contributed by atoms with Gasteiger partial charge in [-0.15, -0.1) is 0 Å². The lowest BCUT2D eigenvalue weighted by molar-refractivity contribution is 0.0991. The molecule has 1 aliphatic heterocycles. The number of H-pyrrole nitrogens is 1. The maximum absolute atomic E-state index is 10.2. The summed E-state index contributed by atoms with van der Waals surface area (Å²) in [5, 5.41) is 24.1. The molecule has 1 aromatic heterocycles. The summed E-state index contributed by atoms with van der Waals surface area (Å²) in [5.74, 6) is -0.507. The Labute approximate surface area is 102 Å². The molecule has 2 rings (SSSR count). The van der Waals surface area contributed by atoms with E-state index in [9.17, 15) is 9.70 Å². The molecule has 0 aromatic carbocycles. The van der Waals surface area contributed by atoms with E-state index in [2.05, 4.69) is 20.4 Å². The fraction of sp³-hybridized carbons (Fsp3) is 0.625. The van der Waals surface area contributed by atoms with Crippen LogP contribution in [0.4, 0.5) is 0 Å². The molecule has 1 aliphatic rings. The van der Waals surface area contributed by atoms with Gasteiger partial charge in [0.2, 0.25) is 5.82 Å². The van der Waals surface area contributed by atoms with Crippen LogP contribution in [0.3, 0.4) is 0 Å². The highest BCUT2D eigenvalue weighted by atomic mass is 16.5. The fourth-order valence-corrected chi connectivity index (χ4v) is 0.957. The van der Waals surface area contributed by atoms with Crippen molar-refractivity contribution in [2.45, 2.75) is 12.1 Å². The van der Waals surface area contributed by atoms with Crippen molar-refractivity contribution in [2.24, 2.45) is 10.9 Å². The van der Waals surface area contributed by atoms with Crippen molar-refractivity contribution in [2.75, 3.05) is 20.3 Å². The molecule has 1 fully saturated rings. The topological polar surface area (TPSA) is 164 Å². The molecule has 18 heavy (non-hydrogen) atoms. The van der Waals surface area contributed by atoms with E-state index >= 15 is 0 Å². The van der Waals surface area contributed by atoms with E-state index in [1.165, 1.54) is 6.33 Å². The first-order valence-corrected chi connectivity index (χ1v) is 4.83. The number of primary amides is 1. The van der Waals surface area contributed by atoms with E-state index in [1.807, 2.05) is 0 Å². The normalized spacial score (nSPS) is 21.1. The lowest BCUT2D eigenvalue weighted by Crippen LogP contribution is -2.20. The monoisotopic (exact) mass is 261 g/mol. The fourth-order valence-electron chi connectivity index (χ4n) is 0.957. The molecule has 1 saturated heterocycles. The Hall–Kier alpha value is -1.91. The Balaban J connectivity index is 0.000000283. The average molecular weight is 261 g/mol. The number of nitrogens with zero attached hydrogens (tertiary/aromatic N) is 3. The van der Waals surface area contributed by atoms with E-state index in [-0.39, 0.29) is 19.0 Å². The Morgan fingerprint density at radius 2 is 2.28 bits per heavy atom. The van der Waals surface area contributed by atoms with Gasteiger partial charge < -0.3 is 20.7 Å². The van der Waals surface area contributed by atoms with Crippen molar-refractivity contribution >= 4 is 5.91 Å². The molecule has 2 atom stereocenters. The van der Waals surface area contributed by atoms with Crippen LogP contribution in [0.15, 0.2) is 11.5 Å². The number of hydrogen-bond donors (Lipinski definition) is 4. The van der Waals surface area contributed by atoms with Crippen LogP contribution >= 0.6 is 0 Å². The number of hydrogen-bond acceptors (Lipinski definition) is 8. The minimum atomic E-state index is -0.674. The Morgan fingerprint density at radius 3 is 2.50 bits per heavy atom. The van der Waals surface area contributed by atoms with E-state index < -0.39 is 18.1 Å². The third-order valence-electron chi connectivity index (χ3n) is 1.81. The van der Waals surface area contributed by atoms with Crippen LogP contribution in [0, 0.1) is 4.91 Å². The van der Waals surface area contributed by atoms with Gasteiger partial charge in [-0.25, -0.2) is 4.98 Å². The molecule has 0 saturated carbocycles. The standard InChI is InChI=1S/C4H7NO3.C3H4N4O.CH4O/c6-4-2-8-1-3(4)5-7;4-2(8)3-5-1-6-7-3;1-2/h3-4,6H,1-2H2;1H,(H2,4,8)(H,5,6,7);2H,1H3. The smallest absolute Gasteiger partial charge is 0.286 e. The Kier molecular flexibility index (Phi) is 8.18. The largest absolute Gasteiger partial charge is 0.400 e. The van der Waals surface area contributed by atoms with E-state index in [1.54, 1.807) is 0 Å². The summed E-state index contributed by atoms with van der Waals surface area (Å²) in [6, 6.07) is -0.532. The molecular weight excluding hydrogens is 246 g/mol. The number of carbonyl (C=O) groups is 1. The molecular formula is C8H15N5O5. The minimum Gasteiger partial charge on any atom is -0.400 e. The van der Waals surface area contributed by atoms with Gasteiger partial charge in [0.15, 0.2) is 0 Å². The first-order chi connectivity index (χ1) is 8.65. The molecule has 10 heteroatoms. The second kappa shape index (κ2) is 9.15. The highest BCUT2D eigenvalue weighted by molar-refractivity contribution is 5.88. The zero-order valence-corrected chi connectivity index (χ0v) is 9.68. The molecule has 2 unspecified atom stereocenters. The molecule has 5 N–H and O–H groups in total. The van der Waals surface area contributed by atoms with Crippen molar-refractivity contribution in [1.29, 1.82) is 0 Å². The predicted octanol–water partition coefficient (Wildman–Crippen LogP) is -1.98. The van der Waals surface area contributed by atoms with Crippen molar-refractivity contribution in [3.05, 3.63) is 17.1 Å². The van der Waals surface area contributed by atoms with E-state index in [0.29, 0.717) is 0 Å². The number of aliphatic hydroxyl groups is 2. The van der Waals surface area contributed by atoms with Crippen LogP contribution in [0.1, 0.15) is 10.6 Å². The van der Waals surface area contributed by atoms with Gasteiger partial charge in [-0.1, -0.05) is 5.18 Å². The highest BCUT2D eigenvalue weighted by Gasteiger charge is 2.26. The molecule has 0 radical (unpaired) electrons. The quantitative estimate of drug-likeness (QED) is 0.448. The second-order valence-corrected chi connectivity index (χ2v) is 2.98. The molecule has 0 aliphatic carbocycles. The number of ether oxygens (including phenoxy) is 1. The summed E-state index contributed by atoms with van der Waals surface area (Å²) in [7, 11) is 1.00. The first-order valence-electron chi connectivity index (χ1n) is 4.83. The lowest BCUT2D eigenvalue weighted by Gasteiger charge is -1.98. The van der Waals surface area contributed by atoms with Crippen LogP contribution < -0.4 is 5.73 Å². The third kappa shape index (κ3) is 5.43. The van der Waals surface area contributed by atoms with Gasteiger partial charge in [-0.2, -0.15) is 10.0 Å². The number of aliphatic hydroxyl groups excluding tert-OH is 2. The lowest BCUT2D eigenvalue weighted by atomic mass is 10.2. The van der Waals surface area contributed by atoms with Crippen molar-refractivity contribution in [3.63, 3.8) is 0 Å². The number of aromatic amines is 1. The Morgan fingerprint density at radius 1 is 1.61 bits per heavy atom. The van der Waals surface area contributed by atoms with Crippen molar-refractivity contribution in [3.8, 4) is 0 Å². The first kappa shape index (κ1) is 16.1. The van der Waals surface area contributed by atoms with E-state index in [0.717, 1.165) is 7.11 Å². The number of amides is 1. The van der Waals surface area contributed by atoms with Crippen LogP contribution in [-0.4, -0.2) is 63.8 Å². The minimum absolute atomic E-state index is 0.0880. The average Bonchev–Trinajstić information content (AvgIpc) is 3.02. The van der Waals surface area contributed by atoms with Gasteiger partial charge in [-0.3, -0.25) is 9.89 Å². The van der Waals surface area contributed by atoms with Gasteiger partial charge in [0.25, 0.3) is 5.91 Å². The molecule has 102 valence electrons. The summed E-state index contributed by atoms with van der Waals surface area (Å²) in [6.07, 6.45) is 0.549. The highest BCUT2D eigenvalue weighted by Crippen LogP contribution is 2.07. The predicted molar refractivity (Wildman–Crippen MR) is 59.5 cm³/mol. The van der Waals surface area contributed by atoms with Crippen LogP contribution in [-0.2, 0) is 4.74 Å². The summed E-state index contributed by atoms with van der Waals surface area (Å²) < 4.78 is 4.72. The van der Waals surface area contributed by atoms with Crippen LogP contribution in [0.25, 0.3) is 0 Å². The van der Waals surface area contributed by atoms with Gasteiger partial charge >= 0.3 is 0 Å². The second-order valence-electron chi connectivity index (χ2n) is 2.98. The number of nitroso groups, excluding NO2 is 1. The maximum Gasteiger partial charge on any atom is 0.286 e. The van der Waals surface area contributed by atoms with Gasteiger partial charge in [0.05, 0.1) is 13.2 Å². The van der Waals surface area contributed by atoms with Crippen LogP contribution in [0.5, 0.6) is 0 Å². The maximum atomic E-state index is 10.2. The van der Waals surface area contributed by atoms with Gasteiger partial charge in [0, 0.05) is 7.11 Å².